The largest absolute Gasteiger partial charge is 0.465 e. The summed E-state index contributed by atoms with van der Waals surface area (Å²) in [4.78, 5) is 23.5. The molecule has 0 unspecified atom stereocenters. The molecule has 0 aliphatic carbocycles. The minimum Gasteiger partial charge on any atom is -0.465 e. The van der Waals surface area contributed by atoms with Crippen LogP contribution in [0.5, 0.6) is 0 Å². The van der Waals surface area contributed by atoms with E-state index < -0.39 is 0 Å². The van der Waals surface area contributed by atoms with Gasteiger partial charge in [-0.05, 0) is 32.9 Å². The number of aryl methyl sites for hydroxylation is 2. The van der Waals surface area contributed by atoms with E-state index in [0.717, 1.165) is 11.1 Å². The summed E-state index contributed by atoms with van der Waals surface area (Å²) in [7, 11) is 0. The van der Waals surface area contributed by atoms with Crippen molar-refractivity contribution in [3.05, 3.63) is 34.9 Å². The third-order valence-corrected chi connectivity index (χ3v) is 4.68. The average molecular weight is 351 g/mol. The Bertz CT molecular complexity index is 695. The zero-order valence-corrected chi connectivity index (χ0v) is 14.7. The summed E-state index contributed by atoms with van der Waals surface area (Å²) in [6.07, 6.45) is 0. The highest BCUT2D eigenvalue weighted by Gasteiger charge is 2.12. The number of anilines is 1. The third kappa shape index (κ3) is 5.33. The fourth-order valence-corrected chi connectivity index (χ4v) is 3.46. The van der Waals surface area contributed by atoms with Gasteiger partial charge in [-0.3, -0.25) is 14.9 Å². The number of rotatable bonds is 6. The van der Waals surface area contributed by atoms with Gasteiger partial charge in [0.1, 0.15) is 0 Å². The topological polar surface area (TPSA) is 81.2 Å². The molecule has 1 aromatic carbocycles. The third-order valence-electron chi connectivity index (χ3n) is 2.73. The number of ether oxygens (including phenoxy) is 1. The zero-order valence-electron chi connectivity index (χ0n) is 13.1. The van der Waals surface area contributed by atoms with Crippen molar-refractivity contribution in [2.24, 2.45) is 0 Å². The predicted molar refractivity (Wildman–Crippen MR) is 91.1 cm³/mol. The van der Waals surface area contributed by atoms with E-state index in [9.17, 15) is 9.59 Å². The van der Waals surface area contributed by atoms with E-state index in [2.05, 4.69) is 15.5 Å². The van der Waals surface area contributed by atoms with E-state index in [1.807, 2.05) is 32.0 Å². The summed E-state index contributed by atoms with van der Waals surface area (Å²) in [6.45, 7) is 6.00. The van der Waals surface area contributed by atoms with Crippen molar-refractivity contribution in [1.82, 2.24) is 10.2 Å². The van der Waals surface area contributed by atoms with Crippen LogP contribution in [0.25, 0.3) is 0 Å². The number of hydrogen-bond acceptors (Lipinski definition) is 7. The second-order valence-corrected chi connectivity index (χ2v) is 7.00. The van der Waals surface area contributed by atoms with Crippen molar-refractivity contribution in [3.8, 4) is 0 Å². The van der Waals surface area contributed by atoms with Gasteiger partial charge in [0.2, 0.25) is 5.13 Å². The van der Waals surface area contributed by atoms with Crippen LogP contribution in [-0.2, 0) is 9.53 Å². The maximum Gasteiger partial charge on any atom is 0.316 e. The first-order valence-electron chi connectivity index (χ1n) is 6.99. The number of aromatic nitrogens is 2. The standard InChI is InChI=1S/C15H17N3O3S2/c1-4-21-12(19)8-22-15-18-17-14(23-15)16-13(20)11-6-9(2)5-10(3)7-11/h5-7H,4,8H2,1-3H3,(H,16,17,20). The Kier molecular flexibility index (Phi) is 6.12. The predicted octanol–water partition coefficient (Wildman–Crippen LogP) is 3.06. The van der Waals surface area contributed by atoms with Crippen LogP contribution in [0.4, 0.5) is 5.13 Å². The average Bonchev–Trinajstić information content (AvgIpc) is 2.92. The molecule has 23 heavy (non-hydrogen) atoms. The highest BCUT2D eigenvalue weighted by atomic mass is 32.2. The molecule has 0 aliphatic heterocycles. The van der Waals surface area contributed by atoms with Crippen LogP contribution in [0.1, 0.15) is 28.4 Å². The monoisotopic (exact) mass is 351 g/mol. The van der Waals surface area contributed by atoms with Gasteiger partial charge in [-0.15, -0.1) is 10.2 Å². The Morgan fingerprint density at radius 1 is 1.22 bits per heavy atom. The number of benzene rings is 1. The lowest BCUT2D eigenvalue weighted by Gasteiger charge is -2.04. The molecule has 1 aromatic heterocycles. The Balaban J connectivity index is 1.95. The molecule has 2 rings (SSSR count). The summed E-state index contributed by atoms with van der Waals surface area (Å²) in [5.41, 5.74) is 2.63. The molecule has 0 fully saturated rings. The number of nitrogens with zero attached hydrogens (tertiary/aromatic N) is 2. The van der Waals surface area contributed by atoms with E-state index in [-0.39, 0.29) is 17.6 Å². The van der Waals surface area contributed by atoms with E-state index in [4.69, 9.17) is 4.74 Å². The lowest BCUT2D eigenvalue weighted by Crippen LogP contribution is -2.12. The van der Waals surface area contributed by atoms with Crippen LogP contribution in [0, 0.1) is 13.8 Å². The van der Waals surface area contributed by atoms with Crippen LogP contribution < -0.4 is 5.32 Å². The van der Waals surface area contributed by atoms with Gasteiger partial charge in [-0.1, -0.05) is 40.3 Å². The van der Waals surface area contributed by atoms with Gasteiger partial charge in [0, 0.05) is 5.56 Å². The zero-order chi connectivity index (χ0) is 16.8. The van der Waals surface area contributed by atoms with E-state index in [1.54, 1.807) is 6.92 Å². The molecule has 0 spiro atoms. The van der Waals surface area contributed by atoms with Gasteiger partial charge in [-0.25, -0.2) is 0 Å². The number of amides is 1. The maximum atomic E-state index is 12.2. The van der Waals surface area contributed by atoms with E-state index in [0.29, 0.717) is 21.6 Å². The molecule has 1 amide bonds. The van der Waals surface area contributed by atoms with Gasteiger partial charge in [-0.2, -0.15) is 0 Å². The first kappa shape index (κ1) is 17.4. The second kappa shape index (κ2) is 8.07. The number of carbonyl (C=O) groups is 2. The Hall–Kier alpha value is -1.93. The second-order valence-electron chi connectivity index (χ2n) is 4.80. The summed E-state index contributed by atoms with van der Waals surface area (Å²) in [6, 6.07) is 5.64. The van der Waals surface area contributed by atoms with Crippen LogP contribution in [0.15, 0.2) is 22.5 Å². The van der Waals surface area contributed by atoms with Crippen molar-refractivity contribution in [2.45, 2.75) is 25.1 Å². The smallest absolute Gasteiger partial charge is 0.316 e. The van der Waals surface area contributed by atoms with Gasteiger partial charge in [0.25, 0.3) is 5.91 Å². The fourth-order valence-electron chi connectivity index (χ4n) is 1.92. The summed E-state index contributed by atoms with van der Waals surface area (Å²) >= 11 is 2.46. The summed E-state index contributed by atoms with van der Waals surface area (Å²) in [5, 5.41) is 11.0. The lowest BCUT2D eigenvalue weighted by molar-refractivity contribution is -0.139. The molecule has 0 saturated heterocycles. The number of carbonyl (C=O) groups excluding carboxylic acids is 2. The fraction of sp³-hybridized carbons (Fsp3) is 0.333. The Morgan fingerprint density at radius 3 is 2.57 bits per heavy atom. The molecule has 0 aliphatic rings. The molecular formula is C15H17N3O3S2. The molecule has 0 bridgehead atoms. The quantitative estimate of drug-likeness (QED) is 0.489. The van der Waals surface area contributed by atoms with E-state index >= 15 is 0 Å². The van der Waals surface area contributed by atoms with Crippen molar-refractivity contribution < 1.29 is 14.3 Å². The Labute approximate surface area is 142 Å². The van der Waals surface area contributed by atoms with Gasteiger partial charge in [0.05, 0.1) is 12.4 Å². The number of thioether (sulfide) groups is 1. The molecular weight excluding hydrogens is 334 g/mol. The molecule has 1 heterocycles. The molecule has 2 aromatic rings. The van der Waals surface area contributed by atoms with Gasteiger partial charge < -0.3 is 4.74 Å². The molecule has 0 atom stereocenters. The van der Waals surface area contributed by atoms with Gasteiger partial charge >= 0.3 is 5.97 Å². The highest BCUT2D eigenvalue weighted by Crippen LogP contribution is 2.26. The summed E-state index contributed by atoms with van der Waals surface area (Å²) in [5.74, 6) is -0.351. The van der Waals surface area contributed by atoms with Crippen LogP contribution in [0.3, 0.4) is 0 Å². The summed E-state index contributed by atoms with van der Waals surface area (Å²) < 4.78 is 5.45. The Morgan fingerprint density at radius 2 is 1.91 bits per heavy atom. The lowest BCUT2D eigenvalue weighted by atomic mass is 10.1. The minimum absolute atomic E-state index is 0.174. The molecule has 0 radical (unpaired) electrons. The van der Waals surface area contributed by atoms with Crippen molar-refractivity contribution in [3.63, 3.8) is 0 Å². The molecule has 122 valence electrons. The van der Waals surface area contributed by atoms with Crippen LogP contribution >= 0.6 is 23.1 Å². The number of esters is 1. The van der Waals surface area contributed by atoms with Gasteiger partial charge in [0.15, 0.2) is 4.34 Å². The minimum atomic E-state index is -0.298. The van der Waals surface area contributed by atoms with Crippen LogP contribution in [0.2, 0.25) is 0 Å². The highest BCUT2D eigenvalue weighted by molar-refractivity contribution is 8.01. The van der Waals surface area contributed by atoms with E-state index in [1.165, 1.54) is 23.1 Å². The van der Waals surface area contributed by atoms with Crippen molar-refractivity contribution in [2.75, 3.05) is 17.7 Å². The molecule has 1 N–H and O–H groups in total. The first-order chi connectivity index (χ1) is 11.0. The first-order valence-corrected chi connectivity index (χ1v) is 8.79. The van der Waals surface area contributed by atoms with Crippen LogP contribution in [-0.4, -0.2) is 34.4 Å². The normalized spacial score (nSPS) is 10.4. The number of hydrogen-bond donors (Lipinski definition) is 1. The SMILES string of the molecule is CCOC(=O)CSc1nnc(NC(=O)c2cc(C)cc(C)c2)s1. The van der Waals surface area contributed by atoms with Crippen molar-refractivity contribution >= 4 is 40.1 Å². The maximum absolute atomic E-state index is 12.2. The molecule has 8 heteroatoms. The van der Waals surface area contributed by atoms with Crippen molar-refractivity contribution in [1.29, 1.82) is 0 Å². The molecule has 0 saturated carbocycles. The number of nitrogens with one attached hydrogen (secondary N) is 1. The molecule has 6 nitrogen and oxygen atoms in total.